The standard InChI is InChI=1S/C15H28N2O3/c1-11-10-17(5)9-8-12(11)16-13(18)6-7-14(19)20-15(2,3)4/h11-12H,6-10H2,1-5H3,(H,16,18). The van der Waals surface area contributed by atoms with E-state index in [1.807, 2.05) is 20.8 Å². The third-order valence-corrected chi connectivity index (χ3v) is 3.43. The number of hydrogen-bond donors (Lipinski definition) is 1. The van der Waals surface area contributed by atoms with E-state index in [-0.39, 0.29) is 30.8 Å². The maximum Gasteiger partial charge on any atom is 0.306 e. The van der Waals surface area contributed by atoms with Gasteiger partial charge < -0.3 is 15.0 Å². The maximum atomic E-state index is 11.9. The molecule has 0 saturated carbocycles. The molecule has 1 fully saturated rings. The third-order valence-electron chi connectivity index (χ3n) is 3.43. The highest BCUT2D eigenvalue weighted by Crippen LogP contribution is 2.15. The van der Waals surface area contributed by atoms with Gasteiger partial charge in [-0.15, -0.1) is 0 Å². The van der Waals surface area contributed by atoms with Gasteiger partial charge in [0.25, 0.3) is 0 Å². The molecule has 0 aromatic carbocycles. The molecule has 1 aliphatic rings. The van der Waals surface area contributed by atoms with Gasteiger partial charge >= 0.3 is 5.97 Å². The predicted octanol–water partition coefficient (Wildman–Crippen LogP) is 1.56. The van der Waals surface area contributed by atoms with E-state index in [0.717, 1.165) is 19.5 Å². The van der Waals surface area contributed by atoms with Crippen LogP contribution in [0.25, 0.3) is 0 Å². The second kappa shape index (κ2) is 7.07. The Bertz CT molecular complexity index is 350. The molecule has 0 aliphatic carbocycles. The summed E-state index contributed by atoms with van der Waals surface area (Å²) in [7, 11) is 2.09. The first kappa shape index (κ1) is 17.0. The minimum Gasteiger partial charge on any atom is -0.460 e. The number of hydrogen-bond acceptors (Lipinski definition) is 4. The highest BCUT2D eigenvalue weighted by molar-refractivity contribution is 5.81. The SMILES string of the molecule is CC1CN(C)CCC1NC(=O)CCC(=O)OC(C)(C)C. The predicted molar refractivity (Wildman–Crippen MR) is 78.3 cm³/mol. The fourth-order valence-electron chi connectivity index (χ4n) is 2.46. The maximum absolute atomic E-state index is 11.9. The number of nitrogens with one attached hydrogen (secondary N) is 1. The van der Waals surface area contributed by atoms with Gasteiger partial charge in [-0.25, -0.2) is 0 Å². The summed E-state index contributed by atoms with van der Waals surface area (Å²) in [6, 6.07) is 0.220. The summed E-state index contributed by atoms with van der Waals surface area (Å²) in [4.78, 5) is 25.7. The van der Waals surface area contributed by atoms with E-state index in [9.17, 15) is 9.59 Å². The Morgan fingerprint density at radius 2 is 1.95 bits per heavy atom. The van der Waals surface area contributed by atoms with Gasteiger partial charge in [-0.3, -0.25) is 9.59 Å². The smallest absolute Gasteiger partial charge is 0.306 e. The summed E-state index contributed by atoms with van der Waals surface area (Å²) in [5, 5.41) is 3.03. The molecule has 0 aromatic heterocycles. The minimum atomic E-state index is -0.490. The molecule has 0 spiro atoms. The summed E-state index contributed by atoms with van der Waals surface area (Å²) < 4.78 is 5.19. The Hall–Kier alpha value is -1.10. The molecule has 2 atom stereocenters. The molecule has 5 nitrogen and oxygen atoms in total. The van der Waals surface area contributed by atoms with E-state index >= 15 is 0 Å². The molecule has 20 heavy (non-hydrogen) atoms. The van der Waals surface area contributed by atoms with Gasteiger partial charge in [0.05, 0.1) is 6.42 Å². The number of amides is 1. The number of ether oxygens (including phenoxy) is 1. The van der Waals surface area contributed by atoms with Crippen molar-refractivity contribution in [3.8, 4) is 0 Å². The average molecular weight is 284 g/mol. The van der Waals surface area contributed by atoms with Crippen LogP contribution >= 0.6 is 0 Å². The van der Waals surface area contributed by atoms with Gasteiger partial charge in [0.15, 0.2) is 0 Å². The van der Waals surface area contributed by atoms with E-state index in [4.69, 9.17) is 4.74 Å². The van der Waals surface area contributed by atoms with Crippen LogP contribution in [-0.2, 0) is 14.3 Å². The highest BCUT2D eigenvalue weighted by Gasteiger charge is 2.25. The number of likely N-dealkylation sites (tertiary alicyclic amines) is 1. The molecule has 1 aliphatic heterocycles. The van der Waals surface area contributed by atoms with Crippen molar-refractivity contribution in [1.29, 1.82) is 0 Å². The molecule has 0 radical (unpaired) electrons. The quantitative estimate of drug-likeness (QED) is 0.796. The molecule has 0 bridgehead atoms. The highest BCUT2D eigenvalue weighted by atomic mass is 16.6. The molecule has 1 heterocycles. The van der Waals surface area contributed by atoms with Crippen LogP contribution in [0.2, 0.25) is 0 Å². The Labute approximate surface area is 122 Å². The molecular weight excluding hydrogens is 256 g/mol. The van der Waals surface area contributed by atoms with Crippen LogP contribution in [0.5, 0.6) is 0 Å². The van der Waals surface area contributed by atoms with Crippen molar-refractivity contribution in [3.63, 3.8) is 0 Å². The molecule has 0 aromatic rings. The molecule has 1 amide bonds. The Kier molecular flexibility index (Phi) is 5.99. The molecule has 1 saturated heterocycles. The molecular formula is C15H28N2O3. The fourth-order valence-corrected chi connectivity index (χ4v) is 2.46. The van der Waals surface area contributed by atoms with E-state index in [2.05, 4.69) is 24.2 Å². The lowest BCUT2D eigenvalue weighted by atomic mass is 9.94. The summed E-state index contributed by atoms with van der Waals surface area (Å²) in [5.74, 6) is 0.0700. The van der Waals surface area contributed by atoms with Gasteiger partial charge in [0.1, 0.15) is 5.60 Å². The zero-order valence-electron chi connectivity index (χ0n) is 13.4. The van der Waals surface area contributed by atoms with Crippen LogP contribution < -0.4 is 5.32 Å². The van der Waals surface area contributed by atoms with Crippen molar-refractivity contribution in [3.05, 3.63) is 0 Å². The van der Waals surface area contributed by atoms with Gasteiger partial charge in [0.2, 0.25) is 5.91 Å². The lowest BCUT2D eigenvalue weighted by Crippen LogP contribution is -2.48. The van der Waals surface area contributed by atoms with E-state index in [1.165, 1.54) is 0 Å². The summed E-state index contributed by atoms with van der Waals surface area (Å²) in [6.45, 7) is 9.62. The van der Waals surface area contributed by atoms with Gasteiger partial charge in [-0.1, -0.05) is 6.92 Å². The summed E-state index contributed by atoms with van der Waals surface area (Å²) >= 11 is 0. The van der Waals surface area contributed by atoms with Gasteiger partial charge in [0, 0.05) is 19.0 Å². The second-order valence-electron chi connectivity index (χ2n) is 6.79. The molecule has 1 rings (SSSR count). The van der Waals surface area contributed by atoms with Crippen molar-refractivity contribution >= 4 is 11.9 Å². The van der Waals surface area contributed by atoms with Crippen LogP contribution in [0, 0.1) is 5.92 Å². The largest absolute Gasteiger partial charge is 0.460 e. The minimum absolute atomic E-state index is 0.0581. The van der Waals surface area contributed by atoms with Crippen molar-refractivity contribution in [2.24, 2.45) is 5.92 Å². The number of carbonyl (C=O) groups excluding carboxylic acids is 2. The molecule has 5 heteroatoms. The van der Waals surface area contributed by atoms with E-state index in [1.54, 1.807) is 0 Å². The van der Waals surface area contributed by atoms with Crippen LogP contribution in [0.4, 0.5) is 0 Å². The Morgan fingerprint density at radius 1 is 1.30 bits per heavy atom. The number of piperidine rings is 1. The number of esters is 1. The van der Waals surface area contributed by atoms with Crippen LogP contribution in [0.3, 0.4) is 0 Å². The zero-order valence-corrected chi connectivity index (χ0v) is 13.4. The molecule has 2 unspecified atom stereocenters. The van der Waals surface area contributed by atoms with Crippen LogP contribution in [-0.4, -0.2) is 48.6 Å². The lowest BCUT2D eigenvalue weighted by molar-refractivity contribution is -0.155. The topological polar surface area (TPSA) is 58.6 Å². The molecule has 116 valence electrons. The van der Waals surface area contributed by atoms with Gasteiger partial charge in [-0.2, -0.15) is 0 Å². The first-order valence-electron chi connectivity index (χ1n) is 7.37. The van der Waals surface area contributed by atoms with Crippen molar-refractivity contribution in [2.75, 3.05) is 20.1 Å². The summed E-state index contributed by atoms with van der Waals surface area (Å²) in [5.41, 5.74) is -0.490. The Balaban J connectivity index is 2.28. The summed E-state index contributed by atoms with van der Waals surface area (Å²) in [6.07, 6.45) is 1.31. The average Bonchev–Trinajstić information content (AvgIpc) is 2.28. The van der Waals surface area contributed by atoms with Crippen molar-refractivity contribution in [2.45, 2.75) is 58.6 Å². The monoisotopic (exact) mass is 284 g/mol. The number of carbonyl (C=O) groups is 2. The normalized spacial score (nSPS) is 24.2. The van der Waals surface area contributed by atoms with Crippen LogP contribution in [0.1, 0.15) is 47.0 Å². The van der Waals surface area contributed by atoms with Crippen molar-refractivity contribution in [1.82, 2.24) is 10.2 Å². The van der Waals surface area contributed by atoms with Crippen molar-refractivity contribution < 1.29 is 14.3 Å². The number of rotatable bonds is 4. The fraction of sp³-hybridized carbons (Fsp3) is 0.867. The third kappa shape index (κ3) is 6.37. The van der Waals surface area contributed by atoms with E-state index < -0.39 is 5.60 Å². The molecule has 1 N–H and O–H groups in total. The van der Waals surface area contributed by atoms with Gasteiger partial charge in [-0.05, 0) is 46.7 Å². The van der Waals surface area contributed by atoms with Crippen LogP contribution in [0.15, 0.2) is 0 Å². The zero-order chi connectivity index (χ0) is 15.3. The Morgan fingerprint density at radius 3 is 2.50 bits per heavy atom. The first-order valence-corrected chi connectivity index (χ1v) is 7.37. The first-order chi connectivity index (χ1) is 9.17. The van der Waals surface area contributed by atoms with E-state index in [0.29, 0.717) is 5.92 Å². The number of nitrogens with zero attached hydrogens (tertiary/aromatic N) is 1. The lowest BCUT2D eigenvalue weighted by Gasteiger charge is -2.35. The second-order valence-corrected chi connectivity index (χ2v) is 6.79.